The Morgan fingerprint density at radius 3 is 2.67 bits per heavy atom. The van der Waals surface area contributed by atoms with Gasteiger partial charge in [-0.1, -0.05) is 29.3 Å². The van der Waals surface area contributed by atoms with Crippen molar-refractivity contribution >= 4 is 44.8 Å². The summed E-state index contributed by atoms with van der Waals surface area (Å²) in [5.41, 5.74) is 7.71. The van der Waals surface area contributed by atoms with Crippen LogP contribution in [0.25, 0.3) is 17.1 Å². The van der Waals surface area contributed by atoms with Crippen LogP contribution in [0, 0.1) is 0 Å². The van der Waals surface area contributed by atoms with Gasteiger partial charge in [-0.15, -0.1) is 5.10 Å². The number of rotatable bonds is 2. The van der Waals surface area contributed by atoms with E-state index in [1.807, 2.05) is 18.2 Å². The highest BCUT2D eigenvalue weighted by Gasteiger charge is 2.15. The van der Waals surface area contributed by atoms with Crippen molar-refractivity contribution in [3.05, 3.63) is 50.9 Å². The Hall–Kier alpha value is -1.63. The summed E-state index contributed by atoms with van der Waals surface area (Å²) in [5, 5.41) is 12.8. The van der Waals surface area contributed by atoms with Crippen LogP contribution in [0.1, 0.15) is 0 Å². The van der Waals surface area contributed by atoms with Crippen molar-refractivity contribution in [2.45, 2.75) is 0 Å². The van der Waals surface area contributed by atoms with Crippen molar-refractivity contribution < 1.29 is 0 Å². The number of hydrogen-bond donors (Lipinski definition) is 1. The molecule has 3 rings (SSSR count). The molecule has 0 atom stereocenters. The van der Waals surface area contributed by atoms with Gasteiger partial charge in [0.15, 0.2) is 5.82 Å². The summed E-state index contributed by atoms with van der Waals surface area (Å²) in [7, 11) is 0. The molecule has 0 saturated carbocycles. The highest BCUT2D eigenvalue weighted by atomic mass is 79.9. The third kappa shape index (κ3) is 2.62. The standard InChI is InChI=1S/C13H8BrCl2N5/c14-12-8(15)2-1-3-11(12)21-13(18-19-20-21)7-4-5-10(17)9(16)6-7/h1-6H,17H2. The van der Waals surface area contributed by atoms with E-state index in [4.69, 9.17) is 28.9 Å². The molecule has 0 saturated heterocycles. The number of hydrogen-bond acceptors (Lipinski definition) is 4. The fourth-order valence-electron chi connectivity index (χ4n) is 1.85. The Morgan fingerprint density at radius 2 is 1.90 bits per heavy atom. The van der Waals surface area contributed by atoms with Crippen molar-refractivity contribution in [1.82, 2.24) is 20.2 Å². The topological polar surface area (TPSA) is 69.6 Å². The van der Waals surface area contributed by atoms with Crippen LogP contribution in [0.5, 0.6) is 0 Å². The van der Waals surface area contributed by atoms with Crippen LogP contribution in [-0.2, 0) is 0 Å². The second kappa shape index (κ2) is 5.63. The summed E-state index contributed by atoms with van der Waals surface area (Å²) < 4.78 is 2.29. The molecule has 106 valence electrons. The third-order valence-corrected chi connectivity index (χ3v) is 4.59. The summed E-state index contributed by atoms with van der Waals surface area (Å²) in [5.74, 6) is 0.542. The molecule has 0 fully saturated rings. The molecule has 2 aromatic carbocycles. The van der Waals surface area contributed by atoms with Gasteiger partial charge in [-0.3, -0.25) is 0 Å². The zero-order valence-electron chi connectivity index (χ0n) is 10.5. The highest BCUT2D eigenvalue weighted by molar-refractivity contribution is 9.10. The third-order valence-electron chi connectivity index (χ3n) is 2.89. The van der Waals surface area contributed by atoms with Crippen LogP contribution in [-0.4, -0.2) is 20.2 Å². The van der Waals surface area contributed by atoms with E-state index in [0.29, 0.717) is 26.0 Å². The Labute approximate surface area is 138 Å². The predicted molar refractivity (Wildman–Crippen MR) is 86.7 cm³/mol. The summed E-state index contributed by atoms with van der Waals surface area (Å²) in [6.07, 6.45) is 0. The highest BCUT2D eigenvalue weighted by Crippen LogP contribution is 2.32. The fourth-order valence-corrected chi connectivity index (χ4v) is 2.63. The molecule has 0 unspecified atom stereocenters. The van der Waals surface area contributed by atoms with Gasteiger partial charge in [0.05, 0.1) is 25.9 Å². The molecule has 21 heavy (non-hydrogen) atoms. The minimum Gasteiger partial charge on any atom is -0.398 e. The zero-order chi connectivity index (χ0) is 15.0. The van der Waals surface area contributed by atoms with E-state index in [2.05, 4.69) is 31.5 Å². The van der Waals surface area contributed by atoms with Crippen LogP contribution >= 0.6 is 39.1 Å². The number of aromatic nitrogens is 4. The van der Waals surface area contributed by atoms with Crippen molar-refractivity contribution in [2.75, 3.05) is 5.73 Å². The minimum atomic E-state index is 0.451. The summed E-state index contributed by atoms with van der Waals surface area (Å²) in [6, 6.07) is 10.7. The molecule has 0 bridgehead atoms. The van der Waals surface area contributed by atoms with Gasteiger partial charge >= 0.3 is 0 Å². The van der Waals surface area contributed by atoms with E-state index < -0.39 is 0 Å². The molecule has 0 aliphatic carbocycles. The maximum atomic E-state index is 6.11. The Morgan fingerprint density at radius 1 is 1.10 bits per heavy atom. The lowest BCUT2D eigenvalue weighted by Crippen LogP contribution is -2.01. The molecule has 0 aliphatic heterocycles. The first-order valence-electron chi connectivity index (χ1n) is 5.86. The largest absolute Gasteiger partial charge is 0.398 e. The normalized spacial score (nSPS) is 10.8. The van der Waals surface area contributed by atoms with Gasteiger partial charge in [0.25, 0.3) is 0 Å². The smallest absolute Gasteiger partial charge is 0.187 e. The number of halogens is 3. The number of nitrogen functional groups attached to an aromatic ring is 1. The number of nitrogens with two attached hydrogens (primary N) is 1. The molecular formula is C13H8BrCl2N5. The summed E-state index contributed by atoms with van der Waals surface area (Å²) in [4.78, 5) is 0. The molecule has 0 aliphatic rings. The molecule has 5 nitrogen and oxygen atoms in total. The number of anilines is 1. The van der Waals surface area contributed by atoms with Crippen molar-refractivity contribution in [1.29, 1.82) is 0 Å². The first-order chi connectivity index (χ1) is 10.1. The zero-order valence-corrected chi connectivity index (χ0v) is 13.6. The Kier molecular flexibility index (Phi) is 3.84. The summed E-state index contributed by atoms with van der Waals surface area (Å²) in [6.45, 7) is 0. The molecule has 0 radical (unpaired) electrons. The maximum Gasteiger partial charge on any atom is 0.187 e. The lowest BCUT2D eigenvalue weighted by Gasteiger charge is -2.08. The number of nitrogens with zero attached hydrogens (tertiary/aromatic N) is 4. The van der Waals surface area contributed by atoms with Crippen molar-refractivity contribution in [3.63, 3.8) is 0 Å². The molecule has 2 N–H and O–H groups in total. The van der Waals surface area contributed by atoms with Crippen LogP contribution in [0.2, 0.25) is 10.0 Å². The van der Waals surface area contributed by atoms with E-state index in [1.165, 1.54) is 0 Å². The van der Waals surface area contributed by atoms with Gasteiger partial charge in [0.1, 0.15) is 0 Å². The molecular weight excluding hydrogens is 377 g/mol. The fraction of sp³-hybridized carbons (Fsp3) is 0. The van der Waals surface area contributed by atoms with Crippen LogP contribution in [0.3, 0.4) is 0 Å². The van der Waals surface area contributed by atoms with Gasteiger partial charge in [-0.25, -0.2) is 0 Å². The molecule has 3 aromatic rings. The first-order valence-corrected chi connectivity index (χ1v) is 7.41. The average Bonchev–Trinajstić information content (AvgIpc) is 2.94. The first kappa shape index (κ1) is 14.3. The summed E-state index contributed by atoms with van der Waals surface area (Å²) >= 11 is 15.6. The van der Waals surface area contributed by atoms with Crippen LogP contribution in [0.15, 0.2) is 40.9 Å². The van der Waals surface area contributed by atoms with E-state index in [0.717, 1.165) is 11.3 Å². The van der Waals surface area contributed by atoms with Gasteiger partial charge in [0, 0.05) is 5.56 Å². The van der Waals surface area contributed by atoms with E-state index in [9.17, 15) is 0 Å². The van der Waals surface area contributed by atoms with Crippen molar-refractivity contribution in [2.24, 2.45) is 0 Å². The van der Waals surface area contributed by atoms with E-state index in [-0.39, 0.29) is 0 Å². The SMILES string of the molecule is Nc1ccc(-c2nnnn2-c2cccc(Cl)c2Br)cc1Cl. The maximum absolute atomic E-state index is 6.11. The minimum absolute atomic E-state index is 0.451. The Balaban J connectivity index is 2.17. The van der Waals surface area contributed by atoms with Crippen LogP contribution in [0.4, 0.5) is 5.69 Å². The second-order valence-electron chi connectivity index (χ2n) is 4.22. The van der Waals surface area contributed by atoms with Crippen molar-refractivity contribution in [3.8, 4) is 17.1 Å². The number of benzene rings is 2. The predicted octanol–water partition coefficient (Wildman–Crippen LogP) is 3.98. The Bertz CT molecular complexity index is 818. The molecule has 1 aromatic heterocycles. The monoisotopic (exact) mass is 383 g/mol. The molecule has 8 heteroatoms. The van der Waals surface area contributed by atoms with E-state index in [1.54, 1.807) is 22.9 Å². The average molecular weight is 385 g/mol. The van der Waals surface area contributed by atoms with Gasteiger partial charge in [-0.05, 0) is 56.7 Å². The lowest BCUT2D eigenvalue weighted by atomic mass is 10.2. The molecule has 1 heterocycles. The molecule has 0 spiro atoms. The van der Waals surface area contributed by atoms with Gasteiger partial charge in [-0.2, -0.15) is 4.68 Å². The molecule has 0 amide bonds. The quantitative estimate of drug-likeness (QED) is 0.678. The number of tetrazole rings is 1. The van der Waals surface area contributed by atoms with E-state index >= 15 is 0 Å². The second-order valence-corrected chi connectivity index (χ2v) is 5.83. The van der Waals surface area contributed by atoms with Crippen LogP contribution < -0.4 is 5.73 Å². The van der Waals surface area contributed by atoms with Gasteiger partial charge in [0.2, 0.25) is 0 Å². The lowest BCUT2D eigenvalue weighted by molar-refractivity contribution is 0.789. The van der Waals surface area contributed by atoms with Gasteiger partial charge < -0.3 is 5.73 Å².